The summed E-state index contributed by atoms with van der Waals surface area (Å²) in [4.78, 5) is 59.5. The van der Waals surface area contributed by atoms with E-state index in [4.69, 9.17) is 10.8 Å². The zero-order valence-corrected chi connectivity index (χ0v) is 18.4. The minimum absolute atomic E-state index is 0.356. The summed E-state index contributed by atoms with van der Waals surface area (Å²) in [5.41, 5.74) is 5.46. The largest absolute Gasteiger partial charge is 0.481 e. The molecule has 0 radical (unpaired) electrons. The van der Waals surface area contributed by atoms with Gasteiger partial charge < -0.3 is 37.0 Å². The number of hydrogen-bond donors (Lipinski definition) is 7. The molecule has 31 heavy (non-hydrogen) atoms. The molecule has 0 saturated heterocycles. The Kier molecular flexibility index (Phi) is 11.7. The van der Waals surface area contributed by atoms with E-state index in [1.165, 1.54) is 6.92 Å². The van der Waals surface area contributed by atoms with E-state index < -0.39 is 72.3 Å². The average Bonchev–Trinajstić information content (AvgIpc) is 2.65. The number of carboxylic acids is 2. The SMILES string of the molecule is CCC(C)C(NC(=O)C(NC(=O)C(NC(=O)C(N)CC(=O)O)C(C)O)C(C)C)C(=O)O. The first-order valence-electron chi connectivity index (χ1n) is 10.0. The van der Waals surface area contributed by atoms with Gasteiger partial charge >= 0.3 is 11.9 Å². The summed E-state index contributed by atoms with van der Waals surface area (Å²) in [5.74, 6) is -5.93. The Balaban J connectivity index is 5.41. The summed E-state index contributed by atoms with van der Waals surface area (Å²) in [6.07, 6.45) is -1.56. The molecule has 178 valence electrons. The van der Waals surface area contributed by atoms with Gasteiger partial charge in [0.15, 0.2) is 0 Å². The number of nitrogens with two attached hydrogens (primary N) is 1. The molecule has 0 aliphatic heterocycles. The van der Waals surface area contributed by atoms with Gasteiger partial charge in [-0.3, -0.25) is 19.2 Å². The number of aliphatic hydroxyl groups is 1. The Morgan fingerprint density at radius 3 is 1.65 bits per heavy atom. The summed E-state index contributed by atoms with van der Waals surface area (Å²) >= 11 is 0. The van der Waals surface area contributed by atoms with Gasteiger partial charge in [-0.2, -0.15) is 0 Å². The Hall–Kier alpha value is -2.73. The minimum Gasteiger partial charge on any atom is -0.481 e. The van der Waals surface area contributed by atoms with Crippen molar-refractivity contribution in [1.82, 2.24) is 16.0 Å². The van der Waals surface area contributed by atoms with Gasteiger partial charge in [0.2, 0.25) is 17.7 Å². The third-order valence-electron chi connectivity index (χ3n) is 4.82. The number of rotatable bonds is 13. The van der Waals surface area contributed by atoms with Crippen molar-refractivity contribution >= 4 is 29.7 Å². The molecule has 0 saturated carbocycles. The van der Waals surface area contributed by atoms with Crippen LogP contribution in [-0.2, 0) is 24.0 Å². The van der Waals surface area contributed by atoms with Crippen LogP contribution in [0.5, 0.6) is 0 Å². The molecule has 0 fully saturated rings. The predicted octanol–water partition coefficient (Wildman–Crippen LogP) is -1.59. The average molecular weight is 447 g/mol. The molecule has 6 atom stereocenters. The Morgan fingerprint density at radius 1 is 0.806 bits per heavy atom. The highest BCUT2D eigenvalue weighted by molar-refractivity contribution is 5.95. The highest BCUT2D eigenvalue weighted by Gasteiger charge is 2.34. The molecule has 0 spiro atoms. The molecule has 0 aliphatic rings. The maximum Gasteiger partial charge on any atom is 0.326 e. The number of carboxylic acid groups (broad SMARTS) is 2. The van der Waals surface area contributed by atoms with Gasteiger partial charge in [0.25, 0.3) is 0 Å². The van der Waals surface area contributed by atoms with E-state index in [1.807, 2.05) is 0 Å². The molecule has 3 amide bonds. The fourth-order valence-corrected chi connectivity index (χ4v) is 2.65. The van der Waals surface area contributed by atoms with Crippen molar-refractivity contribution < 1.29 is 39.3 Å². The van der Waals surface area contributed by atoms with Crippen molar-refractivity contribution in [3.05, 3.63) is 0 Å². The molecular weight excluding hydrogens is 412 g/mol. The van der Waals surface area contributed by atoms with Crippen LogP contribution in [0, 0.1) is 11.8 Å². The smallest absolute Gasteiger partial charge is 0.326 e. The summed E-state index contributed by atoms with van der Waals surface area (Å²) in [6.45, 7) is 7.92. The molecule has 0 aromatic carbocycles. The maximum atomic E-state index is 12.7. The van der Waals surface area contributed by atoms with Crippen LogP contribution in [0.2, 0.25) is 0 Å². The van der Waals surface area contributed by atoms with Gasteiger partial charge in [-0.05, 0) is 18.8 Å². The number of carbonyl (C=O) groups excluding carboxylic acids is 3. The molecule has 0 aromatic rings. The molecule has 0 aliphatic carbocycles. The normalized spacial score (nSPS) is 16.9. The van der Waals surface area contributed by atoms with Crippen LogP contribution in [0.3, 0.4) is 0 Å². The van der Waals surface area contributed by atoms with Crippen LogP contribution < -0.4 is 21.7 Å². The lowest BCUT2D eigenvalue weighted by Crippen LogP contribution is -2.61. The number of hydrogen-bond acceptors (Lipinski definition) is 7. The Morgan fingerprint density at radius 2 is 1.26 bits per heavy atom. The molecule has 8 N–H and O–H groups in total. The van der Waals surface area contributed by atoms with Gasteiger partial charge in [0.05, 0.1) is 18.6 Å². The molecule has 12 heteroatoms. The van der Waals surface area contributed by atoms with Crippen LogP contribution in [0.15, 0.2) is 0 Å². The number of amides is 3. The molecule has 12 nitrogen and oxygen atoms in total. The van der Waals surface area contributed by atoms with Gasteiger partial charge in [0, 0.05) is 0 Å². The van der Waals surface area contributed by atoms with Gasteiger partial charge in [-0.25, -0.2) is 4.79 Å². The number of aliphatic hydroxyl groups excluding tert-OH is 1. The van der Waals surface area contributed by atoms with Crippen molar-refractivity contribution in [2.75, 3.05) is 0 Å². The molecule has 0 aromatic heterocycles. The second-order valence-electron chi connectivity index (χ2n) is 7.87. The molecule has 0 bridgehead atoms. The summed E-state index contributed by atoms with van der Waals surface area (Å²) in [6, 6.07) is -5.25. The first-order chi connectivity index (χ1) is 14.2. The Bertz CT molecular complexity index is 667. The molecule has 0 rings (SSSR count). The maximum absolute atomic E-state index is 12.7. The lowest BCUT2D eigenvalue weighted by atomic mass is 9.97. The van der Waals surface area contributed by atoms with Gasteiger partial charge in [0.1, 0.15) is 18.1 Å². The van der Waals surface area contributed by atoms with E-state index in [0.717, 1.165) is 0 Å². The van der Waals surface area contributed by atoms with Gasteiger partial charge in [-0.1, -0.05) is 34.1 Å². The second kappa shape index (κ2) is 12.8. The molecular formula is C19H34N4O8. The van der Waals surface area contributed by atoms with E-state index in [-0.39, 0.29) is 5.92 Å². The topological polar surface area (TPSA) is 208 Å². The number of carbonyl (C=O) groups is 5. The van der Waals surface area contributed by atoms with Crippen LogP contribution in [0.4, 0.5) is 0 Å². The lowest BCUT2D eigenvalue weighted by molar-refractivity contribution is -0.144. The summed E-state index contributed by atoms with van der Waals surface area (Å²) < 4.78 is 0. The van der Waals surface area contributed by atoms with Gasteiger partial charge in [-0.15, -0.1) is 0 Å². The molecule has 0 heterocycles. The standard InChI is InChI=1S/C19H34N4O8/c1-6-9(4)14(19(30)31)22-17(28)13(8(2)3)21-18(29)15(10(5)24)23-16(27)11(20)7-12(25)26/h8-11,13-15,24H,6-7,20H2,1-5H3,(H,21,29)(H,22,28)(H,23,27)(H,25,26)(H,30,31). The number of aliphatic carboxylic acids is 2. The van der Waals surface area contributed by atoms with Crippen LogP contribution >= 0.6 is 0 Å². The second-order valence-corrected chi connectivity index (χ2v) is 7.87. The van der Waals surface area contributed by atoms with Crippen LogP contribution in [0.1, 0.15) is 47.5 Å². The zero-order valence-electron chi connectivity index (χ0n) is 18.4. The Labute approximate surface area is 180 Å². The fraction of sp³-hybridized carbons (Fsp3) is 0.737. The van der Waals surface area contributed by atoms with E-state index in [2.05, 4.69) is 16.0 Å². The van der Waals surface area contributed by atoms with Crippen molar-refractivity contribution in [3.63, 3.8) is 0 Å². The third-order valence-corrected chi connectivity index (χ3v) is 4.82. The van der Waals surface area contributed by atoms with E-state index in [9.17, 15) is 34.2 Å². The van der Waals surface area contributed by atoms with E-state index in [0.29, 0.717) is 6.42 Å². The minimum atomic E-state index is -1.51. The molecule has 6 unspecified atom stereocenters. The van der Waals surface area contributed by atoms with Crippen molar-refractivity contribution in [1.29, 1.82) is 0 Å². The van der Waals surface area contributed by atoms with Crippen LogP contribution in [-0.4, -0.2) is 75.3 Å². The van der Waals surface area contributed by atoms with Crippen LogP contribution in [0.25, 0.3) is 0 Å². The van der Waals surface area contributed by atoms with Crippen molar-refractivity contribution in [2.45, 2.75) is 77.7 Å². The van der Waals surface area contributed by atoms with E-state index >= 15 is 0 Å². The van der Waals surface area contributed by atoms with Crippen molar-refractivity contribution in [3.8, 4) is 0 Å². The fourth-order valence-electron chi connectivity index (χ4n) is 2.65. The summed E-state index contributed by atoms with van der Waals surface area (Å²) in [7, 11) is 0. The summed E-state index contributed by atoms with van der Waals surface area (Å²) in [5, 5.41) is 35.0. The first-order valence-corrected chi connectivity index (χ1v) is 10.0. The number of nitrogens with one attached hydrogen (secondary N) is 3. The van der Waals surface area contributed by atoms with E-state index in [1.54, 1.807) is 27.7 Å². The monoisotopic (exact) mass is 446 g/mol. The third kappa shape index (κ3) is 9.30. The van der Waals surface area contributed by atoms with Crippen molar-refractivity contribution in [2.24, 2.45) is 17.6 Å². The highest BCUT2D eigenvalue weighted by Crippen LogP contribution is 2.10. The predicted molar refractivity (Wildman–Crippen MR) is 110 cm³/mol. The first kappa shape index (κ1) is 28.3. The zero-order chi connectivity index (χ0) is 24.5. The lowest BCUT2D eigenvalue weighted by Gasteiger charge is -2.29. The highest BCUT2D eigenvalue weighted by atomic mass is 16.4. The quantitative estimate of drug-likeness (QED) is 0.174.